The molecule has 1 aliphatic carbocycles. The van der Waals surface area contributed by atoms with E-state index < -0.39 is 5.97 Å². The van der Waals surface area contributed by atoms with Gasteiger partial charge in [0.1, 0.15) is 0 Å². The Hall–Kier alpha value is -1.43. The topological polar surface area (TPSA) is 77.2 Å². The van der Waals surface area contributed by atoms with Gasteiger partial charge in [0.15, 0.2) is 5.69 Å². The molecule has 0 aromatic carbocycles. The molecule has 1 saturated carbocycles. The molecular formula is C12H19N3O3. The zero-order chi connectivity index (χ0) is 13.1. The van der Waals surface area contributed by atoms with E-state index in [-0.39, 0.29) is 11.7 Å². The van der Waals surface area contributed by atoms with Gasteiger partial charge in [-0.05, 0) is 31.6 Å². The average Bonchev–Trinajstić information content (AvgIpc) is 3.05. The average molecular weight is 253 g/mol. The minimum Gasteiger partial charge on any atom is -0.476 e. The number of hydrogen-bond donors (Lipinski definition) is 1. The molecule has 6 heteroatoms. The molecule has 0 spiro atoms. The Morgan fingerprint density at radius 1 is 1.61 bits per heavy atom. The summed E-state index contributed by atoms with van der Waals surface area (Å²) in [5.74, 6) is -0.399. The van der Waals surface area contributed by atoms with Crippen molar-refractivity contribution in [2.45, 2.75) is 38.6 Å². The first-order chi connectivity index (χ1) is 8.67. The second-order valence-corrected chi connectivity index (χ2v) is 4.80. The maximum absolute atomic E-state index is 11.2. The van der Waals surface area contributed by atoms with Gasteiger partial charge in [0.25, 0.3) is 0 Å². The van der Waals surface area contributed by atoms with Crippen molar-refractivity contribution >= 4 is 5.97 Å². The van der Waals surface area contributed by atoms with E-state index in [1.54, 1.807) is 11.8 Å². The van der Waals surface area contributed by atoms with Gasteiger partial charge in [-0.1, -0.05) is 12.1 Å². The van der Waals surface area contributed by atoms with Crippen LogP contribution in [0.1, 0.15) is 48.4 Å². The van der Waals surface area contributed by atoms with Gasteiger partial charge in [-0.15, -0.1) is 5.10 Å². The third kappa shape index (κ3) is 2.69. The molecule has 0 amide bonds. The lowest BCUT2D eigenvalue weighted by molar-refractivity contribution is 0.0688. The van der Waals surface area contributed by atoms with Crippen LogP contribution in [0, 0.1) is 5.92 Å². The van der Waals surface area contributed by atoms with E-state index in [0.717, 1.165) is 18.5 Å². The van der Waals surface area contributed by atoms with Crippen molar-refractivity contribution in [1.29, 1.82) is 0 Å². The third-order valence-electron chi connectivity index (χ3n) is 3.35. The van der Waals surface area contributed by atoms with Crippen molar-refractivity contribution in [2.75, 3.05) is 13.7 Å². The van der Waals surface area contributed by atoms with Crippen molar-refractivity contribution in [3.8, 4) is 0 Å². The molecule has 1 unspecified atom stereocenters. The first-order valence-corrected chi connectivity index (χ1v) is 6.33. The van der Waals surface area contributed by atoms with Gasteiger partial charge >= 0.3 is 5.97 Å². The predicted octanol–water partition coefficient (Wildman–Crippen LogP) is 1.53. The summed E-state index contributed by atoms with van der Waals surface area (Å²) >= 11 is 0. The number of ether oxygens (including phenoxy) is 1. The summed E-state index contributed by atoms with van der Waals surface area (Å²) in [6.07, 6.45) is 3.94. The Bertz CT molecular complexity index is 426. The molecule has 6 nitrogen and oxygen atoms in total. The van der Waals surface area contributed by atoms with Crippen molar-refractivity contribution in [2.24, 2.45) is 5.92 Å². The number of carboxylic acid groups (broad SMARTS) is 1. The van der Waals surface area contributed by atoms with E-state index in [2.05, 4.69) is 10.3 Å². The zero-order valence-corrected chi connectivity index (χ0v) is 10.8. The van der Waals surface area contributed by atoms with Crippen molar-refractivity contribution in [3.05, 3.63) is 11.4 Å². The normalized spacial score (nSPS) is 16.8. The number of nitrogens with zero attached hydrogens (tertiary/aromatic N) is 3. The van der Waals surface area contributed by atoms with Crippen LogP contribution < -0.4 is 0 Å². The number of aromatic carboxylic acids is 1. The second-order valence-electron chi connectivity index (χ2n) is 4.80. The Labute approximate surface area is 106 Å². The SMILES string of the molecule is CCC(COC)n1nnc(C(=O)O)c1CC1CC1. The van der Waals surface area contributed by atoms with Gasteiger partial charge in [-0.25, -0.2) is 9.48 Å². The molecule has 1 atom stereocenters. The van der Waals surface area contributed by atoms with Crippen LogP contribution in [0.25, 0.3) is 0 Å². The van der Waals surface area contributed by atoms with Crippen molar-refractivity contribution < 1.29 is 14.6 Å². The summed E-state index contributed by atoms with van der Waals surface area (Å²) in [7, 11) is 1.64. The largest absolute Gasteiger partial charge is 0.476 e. The third-order valence-corrected chi connectivity index (χ3v) is 3.35. The highest BCUT2D eigenvalue weighted by molar-refractivity contribution is 5.86. The van der Waals surface area contributed by atoms with E-state index in [1.807, 2.05) is 6.92 Å². The molecule has 1 N–H and O–H groups in total. The van der Waals surface area contributed by atoms with Crippen molar-refractivity contribution in [3.63, 3.8) is 0 Å². The Morgan fingerprint density at radius 2 is 2.33 bits per heavy atom. The molecule has 18 heavy (non-hydrogen) atoms. The van der Waals surface area contributed by atoms with E-state index in [1.165, 1.54) is 12.8 Å². The summed E-state index contributed by atoms with van der Waals surface area (Å²) in [6.45, 7) is 2.56. The Morgan fingerprint density at radius 3 is 2.83 bits per heavy atom. The summed E-state index contributed by atoms with van der Waals surface area (Å²) in [4.78, 5) is 11.2. The smallest absolute Gasteiger partial charge is 0.358 e. The van der Waals surface area contributed by atoms with E-state index in [4.69, 9.17) is 9.84 Å². The fourth-order valence-corrected chi connectivity index (χ4v) is 2.11. The van der Waals surface area contributed by atoms with Crippen LogP contribution >= 0.6 is 0 Å². The van der Waals surface area contributed by atoms with Crippen LogP contribution in [0.5, 0.6) is 0 Å². The van der Waals surface area contributed by atoms with Crippen LogP contribution in [0.3, 0.4) is 0 Å². The van der Waals surface area contributed by atoms with Crippen molar-refractivity contribution in [1.82, 2.24) is 15.0 Å². The predicted molar refractivity (Wildman–Crippen MR) is 64.6 cm³/mol. The highest BCUT2D eigenvalue weighted by atomic mass is 16.5. The number of methoxy groups -OCH3 is 1. The second kappa shape index (κ2) is 5.48. The first-order valence-electron chi connectivity index (χ1n) is 6.33. The van der Waals surface area contributed by atoms with Gasteiger partial charge < -0.3 is 9.84 Å². The molecule has 1 aromatic heterocycles. The number of hydrogen-bond acceptors (Lipinski definition) is 4. The monoisotopic (exact) mass is 253 g/mol. The van der Waals surface area contributed by atoms with Gasteiger partial charge in [0, 0.05) is 7.11 Å². The standard InChI is InChI=1S/C12H19N3O3/c1-3-9(7-18-2)15-10(6-8-4-5-8)11(12(16)17)13-14-15/h8-9H,3-7H2,1-2H3,(H,16,17). The highest BCUT2D eigenvalue weighted by Crippen LogP contribution is 2.34. The molecule has 0 saturated heterocycles. The number of aromatic nitrogens is 3. The fraction of sp³-hybridized carbons (Fsp3) is 0.750. The lowest BCUT2D eigenvalue weighted by Gasteiger charge is -2.16. The molecule has 100 valence electrons. The zero-order valence-electron chi connectivity index (χ0n) is 10.8. The molecular weight excluding hydrogens is 234 g/mol. The molecule has 0 bridgehead atoms. The fourth-order valence-electron chi connectivity index (χ4n) is 2.11. The molecule has 1 aromatic rings. The summed E-state index contributed by atoms with van der Waals surface area (Å²) in [5.41, 5.74) is 0.838. The molecule has 1 aliphatic rings. The maximum Gasteiger partial charge on any atom is 0.358 e. The Balaban J connectivity index is 2.29. The number of carbonyl (C=O) groups is 1. The van der Waals surface area contributed by atoms with Crippen LogP contribution in [0.4, 0.5) is 0 Å². The lowest BCUT2D eigenvalue weighted by atomic mass is 10.1. The van der Waals surface area contributed by atoms with Crippen LogP contribution in [-0.4, -0.2) is 39.8 Å². The number of rotatable bonds is 7. The van der Waals surface area contributed by atoms with Gasteiger partial charge in [0.05, 0.1) is 18.3 Å². The summed E-state index contributed by atoms with van der Waals surface area (Å²) in [6, 6.07) is 0.0596. The van der Waals surface area contributed by atoms with Crippen LogP contribution in [-0.2, 0) is 11.2 Å². The molecule has 0 aliphatic heterocycles. The lowest BCUT2D eigenvalue weighted by Crippen LogP contribution is -2.19. The minimum absolute atomic E-state index is 0.0596. The summed E-state index contributed by atoms with van der Waals surface area (Å²) < 4.78 is 6.90. The molecule has 1 heterocycles. The van der Waals surface area contributed by atoms with Gasteiger partial charge in [0.2, 0.25) is 0 Å². The summed E-state index contributed by atoms with van der Waals surface area (Å²) in [5, 5.41) is 17.0. The van der Waals surface area contributed by atoms with Crippen LogP contribution in [0.15, 0.2) is 0 Å². The molecule has 0 radical (unpaired) electrons. The first kappa shape index (κ1) is 13.0. The minimum atomic E-state index is -0.996. The van der Waals surface area contributed by atoms with Gasteiger partial charge in [-0.2, -0.15) is 0 Å². The van der Waals surface area contributed by atoms with Gasteiger partial charge in [-0.3, -0.25) is 0 Å². The maximum atomic E-state index is 11.2. The van der Waals surface area contributed by atoms with Crippen LogP contribution in [0.2, 0.25) is 0 Å². The highest BCUT2D eigenvalue weighted by Gasteiger charge is 2.29. The Kier molecular flexibility index (Phi) is 3.96. The molecule has 1 fully saturated rings. The number of carboxylic acids is 1. The van der Waals surface area contributed by atoms with E-state index >= 15 is 0 Å². The van der Waals surface area contributed by atoms with E-state index in [9.17, 15) is 4.79 Å². The van der Waals surface area contributed by atoms with E-state index in [0.29, 0.717) is 12.5 Å². The quantitative estimate of drug-likeness (QED) is 0.797. The molecule has 2 rings (SSSR count).